The second-order valence-electron chi connectivity index (χ2n) is 7.27. The third-order valence-corrected chi connectivity index (χ3v) is 6.11. The SMILES string of the molecule is C[C@@H](NC(=O)/C(C#N)=c1/s/c(=C/c2cccnc2)c(=O)n1-c1ccccc1)c1ccccc1. The molecule has 0 fully saturated rings. The maximum Gasteiger partial charge on any atom is 0.273 e. The van der Waals surface area contributed by atoms with Gasteiger partial charge in [0.2, 0.25) is 0 Å². The van der Waals surface area contributed by atoms with Crippen LogP contribution in [0.25, 0.3) is 17.3 Å². The zero-order valence-corrected chi connectivity index (χ0v) is 18.6. The predicted octanol–water partition coefficient (Wildman–Crippen LogP) is 2.67. The Morgan fingerprint density at radius 2 is 1.79 bits per heavy atom. The number of nitrogens with zero attached hydrogens (tertiary/aromatic N) is 3. The van der Waals surface area contributed by atoms with E-state index < -0.39 is 5.91 Å². The van der Waals surface area contributed by atoms with Gasteiger partial charge in [0.1, 0.15) is 10.7 Å². The lowest BCUT2D eigenvalue weighted by molar-refractivity contribution is -0.116. The van der Waals surface area contributed by atoms with E-state index in [1.54, 1.807) is 48.8 Å². The molecule has 0 saturated heterocycles. The van der Waals surface area contributed by atoms with E-state index in [0.717, 1.165) is 22.5 Å². The van der Waals surface area contributed by atoms with E-state index in [0.29, 0.717) is 10.2 Å². The van der Waals surface area contributed by atoms with Gasteiger partial charge >= 0.3 is 0 Å². The van der Waals surface area contributed by atoms with E-state index >= 15 is 0 Å². The van der Waals surface area contributed by atoms with E-state index in [9.17, 15) is 14.9 Å². The van der Waals surface area contributed by atoms with E-state index in [1.165, 1.54) is 4.57 Å². The minimum Gasteiger partial charge on any atom is -0.345 e. The molecule has 1 atom stereocenters. The molecule has 6 nitrogen and oxygen atoms in total. The Kier molecular flexibility index (Phi) is 6.58. The number of rotatable bonds is 5. The van der Waals surface area contributed by atoms with Gasteiger partial charge in [0.25, 0.3) is 11.5 Å². The van der Waals surface area contributed by atoms with Crippen LogP contribution in [0.3, 0.4) is 0 Å². The van der Waals surface area contributed by atoms with Crippen LogP contribution in [-0.4, -0.2) is 15.5 Å². The zero-order valence-electron chi connectivity index (χ0n) is 17.8. The van der Waals surface area contributed by atoms with Crippen LogP contribution in [0, 0.1) is 11.3 Å². The van der Waals surface area contributed by atoms with Gasteiger partial charge in [-0.25, -0.2) is 0 Å². The van der Waals surface area contributed by atoms with Gasteiger partial charge in [-0.3, -0.25) is 19.1 Å². The Hall–Kier alpha value is -4.28. The fourth-order valence-corrected chi connectivity index (χ4v) is 4.47. The lowest BCUT2D eigenvalue weighted by atomic mass is 10.1. The number of pyridine rings is 1. The Morgan fingerprint density at radius 1 is 1.09 bits per heavy atom. The van der Waals surface area contributed by atoms with Gasteiger partial charge in [0.15, 0.2) is 5.57 Å². The van der Waals surface area contributed by atoms with Crippen molar-refractivity contribution in [3.05, 3.63) is 116 Å². The van der Waals surface area contributed by atoms with Crippen molar-refractivity contribution in [2.45, 2.75) is 13.0 Å². The molecule has 2 heterocycles. The monoisotopic (exact) mass is 452 g/mol. The van der Waals surface area contributed by atoms with Crippen LogP contribution in [0.15, 0.2) is 90.0 Å². The van der Waals surface area contributed by atoms with Gasteiger partial charge in [-0.05, 0) is 42.3 Å². The zero-order chi connectivity index (χ0) is 23.2. The van der Waals surface area contributed by atoms with Crippen LogP contribution in [0.5, 0.6) is 0 Å². The van der Waals surface area contributed by atoms with Crippen molar-refractivity contribution in [2.75, 3.05) is 0 Å². The van der Waals surface area contributed by atoms with Gasteiger partial charge in [0, 0.05) is 12.4 Å². The largest absolute Gasteiger partial charge is 0.345 e. The first-order valence-corrected chi connectivity index (χ1v) is 11.1. The Labute approximate surface area is 194 Å². The molecule has 2 aromatic heterocycles. The molecule has 2 aromatic carbocycles. The van der Waals surface area contributed by atoms with Crippen LogP contribution < -0.4 is 20.1 Å². The molecule has 1 amide bonds. The Balaban J connectivity index is 1.89. The summed E-state index contributed by atoms with van der Waals surface area (Å²) in [6.07, 6.45) is 5.01. The molecule has 0 radical (unpaired) electrons. The Bertz CT molecular complexity index is 1490. The number of nitrogens with one attached hydrogen (secondary N) is 1. The van der Waals surface area contributed by atoms with Gasteiger partial charge in [-0.15, -0.1) is 11.3 Å². The molecule has 162 valence electrons. The summed E-state index contributed by atoms with van der Waals surface area (Å²) in [5, 5.41) is 12.8. The predicted molar refractivity (Wildman–Crippen MR) is 129 cm³/mol. The molecule has 1 N–H and O–H groups in total. The summed E-state index contributed by atoms with van der Waals surface area (Å²) in [5.74, 6) is -0.535. The van der Waals surface area contributed by atoms with E-state index in [4.69, 9.17) is 0 Å². The van der Waals surface area contributed by atoms with Crippen molar-refractivity contribution >= 4 is 28.9 Å². The van der Waals surface area contributed by atoms with Gasteiger partial charge in [-0.1, -0.05) is 54.6 Å². The van der Waals surface area contributed by atoms with Crippen molar-refractivity contribution in [2.24, 2.45) is 0 Å². The number of hydrogen-bond donors (Lipinski definition) is 1. The maximum atomic E-state index is 13.3. The van der Waals surface area contributed by atoms with Gasteiger partial charge in [-0.2, -0.15) is 5.26 Å². The summed E-state index contributed by atoms with van der Waals surface area (Å²) in [7, 11) is 0. The van der Waals surface area contributed by atoms with Gasteiger partial charge < -0.3 is 5.32 Å². The summed E-state index contributed by atoms with van der Waals surface area (Å²) < 4.78 is 2.10. The van der Waals surface area contributed by atoms with Crippen molar-refractivity contribution < 1.29 is 4.79 Å². The molecule has 0 spiro atoms. The normalized spacial score (nSPS) is 13.2. The highest BCUT2D eigenvalue weighted by molar-refractivity contribution is 7.07. The number of thiazole rings is 1. The molecule has 0 aliphatic rings. The number of para-hydroxylation sites is 1. The first-order chi connectivity index (χ1) is 16.1. The topological polar surface area (TPSA) is 87.8 Å². The van der Waals surface area contributed by atoms with Gasteiger partial charge in [0.05, 0.1) is 16.3 Å². The van der Waals surface area contributed by atoms with Crippen molar-refractivity contribution in [1.82, 2.24) is 14.9 Å². The van der Waals surface area contributed by atoms with E-state index in [1.807, 2.05) is 55.5 Å². The average molecular weight is 453 g/mol. The van der Waals surface area contributed by atoms with Crippen LogP contribution in [-0.2, 0) is 4.79 Å². The van der Waals surface area contributed by atoms with Crippen molar-refractivity contribution in [1.29, 1.82) is 5.26 Å². The fourth-order valence-electron chi connectivity index (χ4n) is 3.36. The number of aromatic nitrogens is 2. The van der Waals surface area contributed by atoms with Crippen molar-refractivity contribution in [3.8, 4) is 11.8 Å². The highest BCUT2D eigenvalue weighted by Gasteiger charge is 2.19. The molecule has 33 heavy (non-hydrogen) atoms. The number of carbonyl (C=O) groups excluding carboxylic acids is 1. The second-order valence-corrected chi connectivity index (χ2v) is 8.30. The molecule has 0 bridgehead atoms. The minimum absolute atomic E-state index is 0.116. The first-order valence-electron chi connectivity index (χ1n) is 10.3. The van der Waals surface area contributed by atoms with E-state index in [-0.39, 0.29) is 21.8 Å². The highest BCUT2D eigenvalue weighted by atomic mass is 32.1. The Morgan fingerprint density at radius 3 is 2.42 bits per heavy atom. The van der Waals surface area contributed by atoms with Crippen molar-refractivity contribution in [3.63, 3.8) is 0 Å². The lowest BCUT2D eigenvalue weighted by Crippen LogP contribution is -2.34. The molecular formula is C26H20N4O2S. The summed E-state index contributed by atoms with van der Waals surface area (Å²) in [6, 6.07) is 23.8. The maximum absolute atomic E-state index is 13.3. The third-order valence-electron chi connectivity index (χ3n) is 5.02. The molecule has 4 aromatic rings. The van der Waals surface area contributed by atoms with E-state index in [2.05, 4.69) is 10.3 Å². The van der Waals surface area contributed by atoms with Crippen LogP contribution in [0.4, 0.5) is 0 Å². The third kappa shape index (κ3) is 4.81. The smallest absolute Gasteiger partial charge is 0.273 e. The van der Waals surface area contributed by atoms with Crippen LogP contribution in [0.1, 0.15) is 24.1 Å². The minimum atomic E-state index is -0.535. The highest BCUT2D eigenvalue weighted by Crippen LogP contribution is 2.12. The molecule has 0 aliphatic carbocycles. The summed E-state index contributed by atoms with van der Waals surface area (Å²) >= 11 is 1.11. The molecule has 0 saturated carbocycles. The standard InChI is InChI=1S/C26H20N4O2S/c1-18(20-10-4-2-5-11-20)29-24(31)22(16-27)26-30(21-12-6-3-7-13-21)25(32)23(33-26)15-19-9-8-14-28-17-19/h2-15,17-18H,1H3,(H,29,31)/b23-15+,26-22+/t18-/m1/s1. The second kappa shape index (κ2) is 9.90. The quantitative estimate of drug-likeness (QED) is 0.504. The number of nitriles is 1. The first kappa shape index (κ1) is 21.9. The molecule has 4 rings (SSSR count). The molecule has 0 unspecified atom stereocenters. The van der Waals surface area contributed by atoms with Crippen LogP contribution >= 0.6 is 11.3 Å². The number of carbonyl (C=O) groups is 1. The molecular weight excluding hydrogens is 432 g/mol. The molecule has 7 heteroatoms. The number of amides is 1. The summed E-state index contributed by atoms with van der Waals surface area (Å²) in [5.41, 5.74) is 1.83. The number of benzene rings is 2. The fraction of sp³-hybridized carbons (Fsp3) is 0.0769. The molecule has 0 aliphatic heterocycles. The average Bonchev–Trinajstić information content (AvgIpc) is 3.16. The number of hydrogen-bond acceptors (Lipinski definition) is 5. The van der Waals surface area contributed by atoms with Crippen LogP contribution in [0.2, 0.25) is 0 Å². The summed E-state index contributed by atoms with van der Waals surface area (Å²) in [4.78, 5) is 30.6. The summed E-state index contributed by atoms with van der Waals surface area (Å²) in [6.45, 7) is 1.85. The lowest BCUT2D eigenvalue weighted by Gasteiger charge is -2.13.